The first-order valence-electron chi connectivity index (χ1n) is 6.89. The van der Waals surface area contributed by atoms with Gasteiger partial charge in [-0.1, -0.05) is 13.8 Å². The van der Waals surface area contributed by atoms with Gasteiger partial charge in [-0.15, -0.1) is 0 Å². The van der Waals surface area contributed by atoms with Crippen LogP contribution in [-0.2, 0) is 6.42 Å². The predicted molar refractivity (Wildman–Crippen MR) is 84.4 cm³/mol. The summed E-state index contributed by atoms with van der Waals surface area (Å²) in [5.41, 5.74) is 8.55. The van der Waals surface area contributed by atoms with Crippen molar-refractivity contribution in [3.63, 3.8) is 0 Å². The Labute approximate surface area is 125 Å². The molecule has 0 saturated heterocycles. The monoisotopic (exact) mass is 290 g/mol. The van der Waals surface area contributed by atoms with Crippen LogP contribution in [0.15, 0.2) is 12.1 Å². The van der Waals surface area contributed by atoms with Crippen LogP contribution >= 0.6 is 0 Å². The van der Waals surface area contributed by atoms with Crippen molar-refractivity contribution in [1.29, 1.82) is 0 Å². The SMILES string of the molecule is COc1cc2nc(CC(C)C)cc(N)c2c(OC)c1OC. The first kappa shape index (κ1) is 15.2. The third kappa shape index (κ3) is 2.82. The number of benzene rings is 1. The molecule has 0 atom stereocenters. The highest BCUT2D eigenvalue weighted by Crippen LogP contribution is 2.44. The van der Waals surface area contributed by atoms with Gasteiger partial charge < -0.3 is 19.9 Å². The second-order valence-electron chi connectivity index (χ2n) is 5.34. The highest BCUT2D eigenvalue weighted by Gasteiger charge is 2.19. The van der Waals surface area contributed by atoms with E-state index >= 15 is 0 Å². The minimum Gasteiger partial charge on any atom is -0.493 e. The Morgan fingerprint density at radius 2 is 1.71 bits per heavy atom. The van der Waals surface area contributed by atoms with E-state index in [1.807, 2.05) is 12.1 Å². The highest BCUT2D eigenvalue weighted by molar-refractivity contribution is 5.99. The molecule has 0 aliphatic carbocycles. The molecule has 5 heteroatoms. The van der Waals surface area contributed by atoms with Gasteiger partial charge in [0, 0.05) is 17.4 Å². The zero-order valence-corrected chi connectivity index (χ0v) is 13.2. The molecule has 114 valence electrons. The molecule has 5 nitrogen and oxygen atoms in total. The minimum absolute atomic E-state index is 0.511. The van der Waals surface area contributed by atoms with E-state index < -0.39 is 0 Å². The number of anilines is 1. The van der Waals surface area contributed by atoms with Gasteiger partial charge in [0.2, 0.25) is 5.75 Å². The Morgan fingerprint density at radius 3 is 2.24 bits per heavy atom. The summed E-state index contributed by atoms with van der Waals surface area (Å²) >= 11 is 0. The van der Waals surface area contributed by atoms with E-state index in [0.29, 0.717) is 28.9 Å². The van der Waals surface area contributed by atoms with Crippen LogP contribution in [0.2, 0.25) is 0 Å². The van der Waals surface area contributed by atoms with Crippen molar-refractivity contribution in [2.45, 2.75) is 20.3 Å². The Kier molecular flexibility index (Phi) is 4.40. The van der Waals surface area contributed by atoms with Gasteiger partial charge in [0.1, 0.15) is 0 Å². The fourth-order valence-corrected chi connectivity index (χ4v) is 2.47. The summed E-state index contributed by atoms with van der Waals surface area (Å²) in [5, 5.41) is 0.752. The summed E-state index contributed by atoms with van der Waals surface area (Å²) in [4.78, 5) is 4.67. The van der Waals surface area contributed by atoms with Crippen molar-refractivity contribution < 1.29 is 14.2 Å². The Hall–Kier alpha value is -2.17. The van der Waals surface area contributed by atoms with Crippen LogP contribution in [0.4, 0.5) is 5.69 Å². The summed E-state index contributed by atoms with van der Waals surface area (Å²) in [6.07, 6.45) is 0.872. The van der Waals surface area contributed by atoms with Gasteiger partial charge in [0.05, 0.1) is 32.2 Å². The van der Waals surface area contributed by atoms with Crippen molar-refractivity contribution >= 4 is 16.6 Å². The molecule has 1 aromatic carbocycles. The molecule has 0 aliphatic rings. The van der Waals surface area contributed by atoms with Crippen LogP contribution in [0.5, 0.6) is 17.2 Å². The summed E-state index contributed by atoms with van der Waals surface area (Å²) < 4.78 is 16.2. The molecule has 2 rings (SSSR count). The van der Waals surface area contributed by atoms with Crippen molar-refractivity contribution in [2.75, 3.05) is 27.1 Å². The summed E-state index contributed by atoms with van der Waals surface area (Å²) in [6.45, 7) is 4.30. The number of pyridine rings is 1. The standard InChI is InChI=1S/C16H22N2O3/c1-9(2)6-10-7-11(17)14-12(18-10)8-13(19-3)15(20-4)16(14)21-5/h7-9H,6H2,1-5H3,(H2,17,18). The molecule has 1 heterocycles. The van der Waals surface area contributed by atoms with Crippen LogP contribution in [0.25, 0.3) is 10.9 Å². The molecule has 0 saturated carbocycles. The molecule has 2 N–H and O–H groups in total. The number of hydrogen-bond acceptors (Lipinski definition) is 5. The number of rotatable bonds is 5. The summed E-state index contributed by atoms with van der Waals surface area (Å²) in [7, 11) is 4.74. The van der Waals surface area contributed by atoms with E-state index in [0.717, 1.165) is 23.0 Å². The van der Waals surface area contributed by atoms with Gasteiger partial charge in [-0.05, 0) is 18.4 Å². The Morgan fingerprint density at radius 1 is 1.05 bits per heavy atom. The number of nitrogen functional groups attached to an aromatic ring is 1. The van der Waals surface area contributed by atoms with E-state index in [1.54, 1.807) is 21.3 Å². The summed E-state index contributed by atoms with van der Waals surface area (Å²) in [6, 6.07) is 3.73. The molecule has 0 fully saturated rings. The van der Waals surface area contributed by atoms with E-state index in [2.05, 4.69) is 18.8 Å². The third-order valence-electron chi connectivity index (χ3n) is 3.30. The van der Waals surface area contributed by atoms with Gasteiger partial charge in [0.25, 0.3) is 0 Å². The predicted octanol–water partition coefficient (Wildman–Crippen LogP) is 3.04. The topological polar surface area (TPSA) is 66.6 Å². The lowest BCUT2D eigenvalue weighted by Crippen LogP contribution is -2.03. The Balaban J connectivity index is 2.75. The first-order valence-corrected chi connectivity index (χ1v) is 6.89. The highest BCUT2D eigenvalue weighted by atomic mass is 16.5. The molecule has 0 spiro atoms. The van der Waals surface area contributed by atoms with Crippen LogP contribution in [0, 0.1) is 5.92 Å². The largest absolute Gasteiger partial charge is 0.493 e. The molecular weight excluding hydrogens is 268 g/mol. The van der Waals surface area contributed by atoms with Crippen molar-refractivity contribution in [1.82, 2.24) is 4.98 Å². The number of methoxy groups -OCH3 is 3. The van der Waals surface area contributed by atoms with E-state index in [4.69, 9.17) is 19.9 Å². The van der Waals surface area contributed by atoms with Crippen LogP contribution < -0.4 is 19.9 Å². The van der Waals surface area contributed by atoms with Crippen LogP contribution in [-0.4, -0.2) is 26.3 Å². The van der Waals surface area contributed by atoms with Crippen LogP contribution in [0.1, 0.15) is 19.5 Å². The number of nitrogens with two attached hydrogens (primary N) is 1. The molecule has 0 unspecified atom stereocenters. The molecule has 0 bridgehead atoms. The maximum absolute atomic E-state index is 6.21. The molecule has 0 aliphatic heterocycles. The zero-order chi connectivity index (χ0) is 15.6. The van der Waals surface area contributed by atoms with Crippen molar-refractivity contribution in [3.8, 4) is 17.2 Å². The average molecular weight is 290 g/mol. The maximum Gasteiger partial charge on any atom is 0.204 e. The normalized spacial score (nSPS) is 11.0. The van der Waals surface area contributed by atoms with Gasteiger partial charge in [0.15, 0.2) is 11.5 Å². The lowest BCUT2D eigenvalue weighted by Gasteiger charge is -2.16. The average Bonchev–Trinajstić information content (AvgIpc) is 2.44. The molecule has 2 aromatic rings. The molecule has 0 amide bonds. The molecular formula is C16H22N2O3. The zero-order valence-electron chi connectivity index (χ0n) is 13.2. The fourth-order valence-electron chi connectivity index (χ4n) is 2.47. The molecule has 21 heavy (non-hydrogen) atoms. The smallest absolute Gasteiger partial charge is 0.204 e. The minimum atomic E-state index is 0.511. The first-order chi connectivity index (χ1) is 10.0. The second kappa shape index (κ2) is 6.08. The fraction of sp³-hybridized carbons (Fsp3) is 0.438. The number of ether oxygens (including phenoxy) is 3. The van der Waals surface area contributed by atoms with Crippen LogP contribution in [0.3, 0.4) is 0 Å². The molecule has 0 radical (unpaired) electrons. The summed E-state index contributed by atoms with van der Waals surface area (Å²) in [5.74, 6) is 2.16. The molecule has 1 aromatic heterocycles. The lowest BCUT2D eigenvalue weighted by atomic mass is 10.0. The van der Waals surface area contributed by atoms with Crippen molar-refractivity contribution in [3.05, 3.63) is 17.8 Å². The number of nitrogens with zero attached hydrogens (tertiary/aromatic N) is 1. The van der Waals surface area contributed by atoms with Gasteiger partial charge >= 0.3 is 0 Å². The van der Waals surface area contributed by atoms with E-state index in [1.165, 1.54) is 0 Å². The van der Waals surface area contributed by atoms with Gasteiger partial charge in [-0.3, -0.25) is 4.98 Å². The van der Waals surface area contributed by atoms with E-state index in [-0.39, 0.29) is 0 Å². The Bertz CT molecular complexity index is 654. The van der Waals surface area contributed by atoms with Gasteiger partial charge in [-0.2, -0.15) is 0 Å². The number of fused-ring (bicyclic) bond motifs is 1. The second-order valence-corrected chi connectivity index (χ2v) is 5.34. The number of aromatic nitrogens is 1. The quantitative estimate of drug-likeness (QED) is 0.916. The van der Waals surface area contributed by atoms with E-state index in [9.17, 15) is 0 Å². The third-order valence-corrected chi connectivity index (χ3v) is 3.30. The lowest BCUT2D eigenvalue weighted by molar-refractivity contribution is 0.327. The van der Waals surface area contributed by atoms with Crippen molar-refractivity contribution in [2.24, 2.45) is 5.92 Å². The maximum atomic E-state index is 6.21. The van der Waals surface area contributed by atoms with Gasteiger partial charge in [-0.25, -0.2) is 0 Å². The number of hydrogen-bond donors (Lipinski definition) is 1.